The van der Waals surface area contributed by atoms with Crippen molar-refractivity contribution < 1.29 is 147 Å². The van der Waals surface area contributed by atoms with Crippen LogP contribution in [-0.2, 0) is 19.8 Å². The molecule has 1 aromatic heterocycles. The molecule has 64 heavy (non-hydrogen) atoms. The number of carbonyl (C=O) groups is 2. The summed E-state index contributed by atoms with van der Waals surface area (Å²) in [6.07, 6.45) is -24.3. The zero-order chi connectivity index (χ0) is 49.9. The fourth-order valence-corrected chi connectivity index (χ4v) is 7.65. The number of halogens is 27. The van der Waals surface area contributed by atoms with Gasteiger partial charge in [0.2, 0.25) is 40.7 Å². The second-order valence-electron chi connectivity index (χ2n) is 11.5. The van der Waals surface area contributed by atoms with Crippen molar-refractivity contribution in [2.24, 2.45) is 0 Å². The summed E-state index contributed by atoms with van der Waals surface area (Å²) in [4.78, 5) is 17.1. The molecule has 1 heterocycles. The summed E-state index contributed by atoms with van der Waals surface area (Å²) >= 11 is -1.18. The Bertz CT molecular complexity index is 2640. The third-order valence-electron chi connectivity index (χ3n) is 7.73. The first-order valence-corrected chi connectivity index (χ1v) is 16.9. The van der Waals surface area contributed by atoms with E-state index in [2.05, 4.69) is 4.52 Å². The topological polar surface area (TPSA) is 93.1 Å². The van der Waals surface area contributed by atoms with Crippen LogP contribution in [0.3, 0.4) is 0 Å². The van der Waals surface area contributed by atoms with Crippen LogP contribution in [0.2, 0.25) is 0 Å². The summed E-state index contributed by atoms with van der Waals surface area (Å²) in [7, 11) is -10.00. The molecule has 354 valence electrons. The number of fused-ring (bicyclic) bond motifs is 1. The number of esters is 1. The van der Waals surface area contributed by atoms with Gasteiger partial charge in [-0.1, -0.05) is 0 Å². The van der Waals surface area contributed by atoms with Gasteiger partial charge in [-0.2, -0.15) is 65.9 Å². The summed E-state index contributed by atoms with van der Waals surface area (Å²) in [5, 5.41) is 6.54. The Hall–Kier alpha value is -5.34. The molecular weight excluding hydrogens is 1020 g/mol. The third kappa shape index (κ3) is 7.15. The van der Waals surface area contributed by atoms with E-state index in [-0.39, 0.29) is 0 Å². The Morgan fingerprint density at radius 2 is 0.953 bits per heavy atom. The minimum absolute atomic E-state index is 1.18. The van der Waals surface area contributed by atoms with Crippen molar-refractivity contribution >= 4 is 40.9 Å². The highest BCUT2D eigenvalue weighted by Crippen LogP contribution is 2.73. The molecule has 4 rings (SSSR count). The van der Waals surface area contributed by atoms with Gasteiger partial charge < -0.3 is 14.4 Å². The molecule has 1 N–H and O–H groups in total. The Kier molecular flexibility index (Phi) is 12.6. The Morgan fingerprint density at radius 3 is 1.34 bits per heavy atom. The van der Waals surface area contributed by atoms with Crippen LogP contribution in [0.1, 0.15) is 15.2 Å². The minimum Gasteiger partial charge on any atom is -0.477 e. The van der Waals surface area contributed by atoms with E-state index in [0.29, 0.717) is 0 Å². The van der Waals surface area contributed by atoms with Crippen LogP contribution in [-0.4, -0.2) is 52.1 Å². The number of rotatable bonds is 11. The molecule has 0 saturated heterocycles. The zero-order valence-electron chi connectivity index (χ0n) is 28.0. The average Bonchev–Trinajstić information content (AvgIpc) is 3.57. The maximum absolute atomic E-state index is 16.5. The van der Waals surface area contributed by atoms with Gasteiger partial charge in [0.1, 0.15) is 16.3 Å². The Morgan fingerprint density at radius 1 is 0.547 bits per heavy atom. The van der Waals surface area contributed by atoms with Crippen molar-refractivity contribution in [1.82, 2.24) is 4.89 Å². The molecule has 0 bridgehead atoms. The largest absolute Gasteiger partial charge is 0.477 e. The highest BCUT2D eigenvalue weighted by atomic mass is 32.1. The highest BCUT2D eigenvalue weighted by molar-refractivity contribution is 7.57. The molecule has 0 saturated carbocycles. The maximum Gasteiger partial charge on any atom is 0.476 e. The summed E-state index contributed by atoms with van der Waals surface area (Å²) in [5.41, 5.74) is -18.0. The number of nitrogens with zero attached hydrogens (tertiary/aromatic N) is 1. The van der Waals surface area contributed by atoms with Crippen molar-refractivity contribution in [3.8, 4) is 16.9 Å². The first-order chi connectivity index (χ1) is 28.6. The van der Waals surface area contributed by atoms with E-state index in [0.717, 1.165) is 0 Å². The van der Waals surface area contributed by atoms with Crippen LogP contribution in [0.4, 0.5) is 119 Å². The summed E-state index contributed by atoms with van der Waals surface area (Å²) < 4.78 is 404. The lowest BCUT2D eigenvalue weighted by molar-refractivity contribution is -0.418. The predicted molar refractivity (Wildman–Crippen MR) is 147 cm³/mol. The van der Waals surface area contributed by atoms with E-state index in [1.165, 1.54) is 0 Å². The second kappa shape index (κ2) is 15.7. The standard InChI is InChI=1S/C28HF27NO6PS/c29-5-3-1(2-6(30)9(33)11(35)10(34)7(2)31)20(21(57)58)64-19(3)17(41)8(32)4(5)24(43,44)63(60,62-18-15(39)13(37)12(36)14(38)16(18)40)56(55)23(42,26(47,48)49)22(59)61-28(53,54)25(45,46)27(50,51)52/h(H,57,58)/t23-,63-/m1/s1. The van der Waals surface area contributed by atoms with Crippen LogP contribution in [0.25, 0.3) is 21.2 Å². The molecule has 0 radical (unpaired) electrons. The first-order valence-electron chi connectivity index (χ1n) is 14.5. The maximum atomic E-state index is 16.5. The molecule has 0 spiro atoms. The normalized spacial score (nSPS) is 15.1. The van der Waals surface area contributed by atoms with Gasteiger partial charge in [-0.05, 0) is 0 Å². The number of carbonyl (C=O) groups excluding carboxylic acids is 1. The second-order valence-corrected chi connectivity index (χ2v) is 14.6. The Labute approximate surface area is 332 Å². The zero-order valence-corrected chi connectivity index (χ0v) is 29.7. The van der Waals surface area contributed by atoms with Gasteiger partial charge in [0, 0.05) is 15.8 Å². The smallest absolute Gasteiger partial charge is 0.476 e. The molecule has 7 nitrogen and oxygen atoms in total. The van der Waals surface area contributed by atoms with Gasteiger partial charge in [0.15, 0.2) is 34.9 Å². The van der Waals surface area contributed by atoms with Crippen molar-refractivity contribution in [3.05, 3.63) is 86.1 Å². The lowest BCUT2D eigenvalue weighted by atomic mass is 9.97. The van der Waals surface area contributed by atoms with Crippen LogP contribution in [0.5, 0.6) is 5.75 Å². The number of thiophene rings is 1. The van der Waals surface area contributed by atoms with Gasteiger partial charge in [-0.15, -0.1) is 15.8 Å². The lowest BCUT2D eigenvalue weighted by Crippen LogP contribution is -2.62. The summed E-state index contributed by atoms with van der Waals surface area (Å²) in [6, 6.07) is 0. The van der Waals surface area contributed by atoms with E-state index in [4.69, 9.17) is 0 Å². The van der Waals surface area contributed by atoms with E-state index in [1.54, 1.807) is 4.74 Å². The number of benzene rings is 3. The fraction of sp³-hybridized carbons (Fsp3) is 0.214. The average molecular weight is 1020 g/mol. The number of hydrogen-bond donors (Lipinski definition) is 1. The number of carboxylic acid groups (broad SMARTS) is 1. The minimum atomic E-state index is -10.00. The monoisotopic (exact) mass is 1020 g/mol. The molecule has 0 fully saturated rings. The molecule has 0 unspecified atom stereocenters. The molecule has 0 aliphatic rings. The molecule has 3 aromatic carbocycles. The van der Waals surface area contributed by atoms with Gasteiger partial charge in [0.25, 0.3) is 0 Å². The van der Waals surface area contributed by atoms with Crippen LogP contribution >= 0.6 is 18.9 Å². The van der Waals surface area contributed by atoms with E-state index < -0.39 is 185 Å². The summed E-state index contributed by atoms with van der Waals surface area (Å²) in [5.74, 6) is -75.8. The first kappa shape index (κ1) is 51.3. The predicted octanol–water partition coefficient (Wildman–Crippen LogP) is 12.1. The molecule has 36 heteroatoms. The van der Waals surface area contributed by atoms with Crippen LogP contribution < -0.4 is 4.52 Å². The number of aromatic carboxylic acids is 1. The molecule has 0 aliphatic heterocycles. The van der Waals surface area contributed by atoms with Gasteiger partial charge >= 0.3 is 55.3 Å². The number of hydrogen-bond acceptors (Lipinski definition) is 6. The van der Waals surface area contributed by atoms with Gasteiger partial charge in [0.05, 0.1) is 10.3 Å². The van der Waals surface area contributed by atoms with Gasteiger partial charge in [-0.3, -0.25) is 4.57 Å². The lowest BCUT2D eigenvalue weighted by Gasteiger charge is -2.38. The molecular formula is C28HF27NO6PS. The van der Waals surface area contributed by atoms with E-state index in [9.17, 15) is 107 Å². The molecule has 0 amide bonds. The van der Waals surface area contributed by atoms with Gasteiger partial charge in [-0.25, -0.2) is 57.9 Å². The van der Waals surface area contributed by atoms with Crippen molar-refractivity contribution in [2.75, 3.05) is 0 Å². The number of alkyl halides is 13. The van der Waals surface area contributed by atoms with E-state index >= 15 is 30.8 Å². The molecule has 4 aromatic rings. The molecule has 0 aliphatic carbocycles. The summed E-state index contributed by atoms with van der Waals surface area (Å²) in [6.45, 7) is 0. The highest BCUT2D eigenvalue weighted by Gasteiger charge is 2.82. The van der Waals surface area contributed by atoms with E-state index in [1.807, 2.05) is 0 Å². The Balaban J connectivity index is 2.27. The van der Waals surface area contributed by atoms with Crippen molar-refractivity contribution in [3.63, 3.8) is 0 Å². The number of carboxylic acids is 1. The van der Waals surface area contributed by atoms with Crippen molar-refractivity contribution in [1.29, 1.82) is 0 Å². The van der Waals surface area contributed by atoms with Crippen LogP contribution in [0, 0.1) is 75.6 Å². The third-order valence-corrected chi connectivity index (χ3v) is 11.0. The number of ether oxygens (including phenoxy) is 1. The SMILES string of the molecule is O=C(O)c1sc2c(F)c(F)c(C(F)(F)[P@@](=O)(Oc3c(F)c(F)c(F)c(F)c3F)N(F)[C@](F)(C(=O)OC(F)(F)C(F)(F)C(F)(F)F)C(F)(F)F)c(F)c2c1-c1c(F)c(F)c(F)c(F)c1F. The van der Waals surface area contributed by atoms with Crippen molar-refractivity contribution in [2.45, 2.75) is 35.8 Å². The van der Waals surface area contributed by atoms with Crippen LogP contribution in [0.15, 0.2) is 0 Å². The fourth-order valence-electron chi connectivity index (χ4n) is 4.73. The quantitative estimate of drug-likeness (QED) is 0.0304. The molecule has 2 atom stereocenters.